The number of carbonyl (C=O) groups excluding carboxylic acids is 1. The molecule has 1 saturated heterocycles. The smallest absolute Gasteiger partial charge is 0.243 e. The average Bonchev–Trinajstić information content (AvgIpc) is 2.75. The number of allylic oxidation sites excluding steroid dienone is 2. The first kappa shape index (κ1) is 22.8. The van der Waals surface area contributed by atoms with Gasteiger partial charge in [0.2, 0.25) is 15.9 Å². The Kier molecular flexibility index (Phi) is 7.55. The molecule has 7 nitrogen and oxygen atoms in total. The number of hydrogen-bond donors (Lipinski definition) is 1. The maximum Gasteiger partial charge on any atom is 0.243 e. The summed E-state index contributed by atoms with van der Waals surface area (Å²) in [6.07, 6.45) is 6.61. The summed E-state index contributed by atoms with van der Waals surface area (Å²) in [6, 6.07) is 5.15. The van der Waals surface area contributed by atoms with Crippen molar-refractivity contribution >= 4 is 27.3 Å². The molecule has 0 aromatic heterocycles. The zero-order valence-corrected chi connectivity index (χ0v) is 19.1. The Morgan fingerprint density at radius 1 is 1.13 bits per heavy atom. The van der Waals surface area contributed by atoms with Crippen LogP contribution in [0.4, 0.5) is 11.4 Å². The van der Waals surface area contributed by atoms with E-state index in [2.05, 4.69) is 34.3 Å². The van der Waals surface area contributed by atoms with Gasteiger partial charge >= 0.3 is 0 Å². The third kappa shape index (κ3) is 5.04. The molecule has 1 N–H and O–H groups in total. The molecule has 1 aliphatic carbocycles. The van der Waals surface area contributed by atoms with Crippen LogP contribution in [0.5, 0.6) is 0 Å². The van der Waals surface area contributed by atoms with Gasteiger partial charge < -0.3 is 15.1 Å². The molecule has 1 aliphatic heterocycles. The molecule has 1 aromatic carbocycles. The third-order valence-electron chi connectivity index (χ3n) is 6.05. The van der Waals surface area contributed by atoms with Gasteiger partial charge in [-0.15, -0.1) is 0 Å². The number of anilines is 2. The van der Waals surface area contributed by atoms with Crippen LogP contribution in [0.1, 0.15) is 33.1 Å². The molecule has 0 radical (unpaired) electrons. The van der Waals surface area contributed by atoms with Crippen molar-refractivity contribution in [1.29, 1.82) is 0 Å². The fraction of sp³-hybridized carbons (Fsp3) is 0.591. The van der Waals surface area contributed by atoms with Crippen molar-refractivity contribution in [1.82, 2.24) is 9.21 Å². The van der Waals surface area contributed by atoms with Crippen molar-refractivity contribution < 1.29 is 13.2 Å². The molecule has 0 unspecified atom stereocenters. The molecule has 0 saturated carbocycles. The SMILES string of the molecule is CCN(CC)S(=O)(=O)c1ccc(N2CCN(C)CC2)c(NC(=O)[C@@H]2CC=CCC2)c1. The van der Waals surface area contributed by atoms with Gasteiger partial charge in [-0.1, -0.05) is 26.0 Å². The maximum atomic E-state index is 13.0. The maximum absolute atomic E-state index is 13.0. The van der Waals surface area contributed by atoms with Gasteiger partial charge in [-0.05, 0) is 44.5 Å². The number of rotatable bonds is 7. The van der Waals surface area contributed by atoms with Crippen LogP contribution in [0.25, 0.3) is 0 Å². The Morgan fingerprint density at radius 2 is 1.83 bits per heavy atom. The summed E-state index contributed by atoms with van der Waals surface area (Å²) < 4.78 is 27.5. The highest BCUT2D eigenvalue weighted by molar-refractivity contribution is 7.89. The number of benzene rings is 1. The molecule has 30 heavy (non-hydrogen) atoms. The van der Waals surface area contributed by atoms with Crippen LogP contribution in [0.2, 0.25) is 0 Å². The zero-order valence-electron chi connectivity index (χ0n) is 18.3. The first-order chi connectivity index (χ1) is 14.4. The Bertz CT molecular complexity index is 872. The minimum Gasteiger partial charge on any atom is -0.367 e. The predicted molar refractivity (Wildman–Crippen MR) is 121 cm³/mol. The minimum atomic E-state index is -3.60. The van der Waals surface area contributed by atoms with Crippen LogP contribution < -0.4 is 10.2 Å². The molecular weight excluding hydrogens is 400 g/mol. The number of nitrogens with one attached hydrogen (secondary N) is 1. The minimum absolute atomic E-state index is 0.0351. The first-order valence-corrected chi connectivity index (χ1v) is 12.3. The average molecular weight is 435 g/mol. The number of hydrogen-bond acceptors (Lipinski definition) is 5. The zero-order chi connectivity index (χ0) is 21.7. The van der Waals surface area contributed by atoms with Crippen LogP contribution in [0.15, 0.2) is 35.2 Å². The third-order valence-corrected chi connectivity index (χ3v) is 8.10. The molecule has 0 bridgehead atoms. The standard InChI is InChI=1S/C22H34N4O3S/c1-4-26(5-2)30(28,29)19-11-12-21(25-15-13-24(3)14-16-25)20(17-19)23-22(27)18-9-7-6-8-10-18/h6-7,11-12,17-18H,4-5,8-10,13-16H2,1-3H3,(H,23,27)/t18-/m1/s1. The fourth-order valence-corrected chi connectivity index (χ4v) is 5.56. The summed E-state index contributed by atoms with van der Waals surface area (Å²) in [5, 5.41) is 3.07. The molecule has 8 heteroatoms. The number of nitrogens with zero attached hydrogens (tertiary/aromatic N) is 3. The lowest BCUT2D eigenvalue weighted by molar-refractivity contribution is -0.120. The summed E-state index contributed by atoms with van der Waals surface area (Å²) >= 11 is 0. The monoisotopic (exact) mass is 434 g/mol. The van der Waals surface area contributed by atoms with Crippen LogP contribution in [-0.4, -0.2) is 69.8 Å². The topological polar surface area (TPSA) is 73.0 Å². The van der Waals surface area contributed by atoms with Gasteiger partial charge in [0.25, 0.3) is 0 Å². The van der Waals surface area contributed by atoms with E-state index in [0.717, 1.165) is 51.1 Å². The van der Waals surface area contributed by atoms with E-state index in [-0.39, 0.29) is 16.7 Å². The van der Waals surface area contributed by atoms with Gasteiger partial charge in [-0.3, -0.25) is 4.79 Å². The summed E-state index contributed by atoms with van der Waals surface area (Å²) in [6.45, 7) is 8.03. The second-order valence-electron chi connectivity index (χ2n) is 8.03. The summed E-state index contributed by atoms with van der Waals surface area (Å²) in [4.78, 5) is 17.6. The highest BCUT2D eigenvalue weighted by Crippen LogP contribution is 2.32. The predicted octanol–water partition coefficient (Wildman–Crippen LogP) is 2.76. The first-order valence-electron chi connectivity index (χ1n) is 10.9. The van der Waals surface area contributed by atoms with Crippen LogP contribution in [0.3, 0.4) is 0 Å². The molecule has 1 aromatic rings. The fourth-order valence-electron chi connectivity index (χ4n) is 4.08. The number of likely N-dealkylation sites (N-methyl/N-ethyl adjacent to an activating group) is 1. The summed E-state index contributed by atoms with van der Waals surface area (Å²) in [5.41, 5.74) is 1.48. The normalized spacial score (nSPS) is 20.5. The van der Waals surface area contributed by atoms with Gasteiger partial charge in [-0.25, -0.2) is 8.42 Å². The van der Waals surface area contributed by atoms with E-state index >= 15 is 0 Å². The van der Waals surface area contributed by atoms with Crippen molar-refractivity contribution in [3.05, 3.63) is 30.4 Å². The Labute approximate surface area is 180 Å². The van der Waals surface area contributed by atoms with E-state index < -0.39 is 10.0 Å². The van der Waals surface area contributed by atoms with Gasteiger partial charge in [0, 0.05) is 45.2 Å². The Hall–Kier alpha value is -1.90. The lowest BCUT2D eigenvalue weighted by Crippen LogP contribution is -2.44. The van der Waals surface area contributed by atoms with Gasteiger partial charge in [0.1, 0.15) is 0 Å². The highest BCUT2D eigenvalue weighted by atomic mass is 32.2. The lowest BCUT2D eigenvalue weighted by Gasteiger charge is -2.35. The summed E-state index contributed by atoms with van der Waals surface area (Å²) in [7, 11) is -1.50. The molecule has 1 amide bonds. The van der Waals surface area contributed by atoms with Crippen LogP contribution >= 0.6 is 0 Å². The second-order valence-corrected chi connectivity index (χ2v) is 9.97. The lowest BCUT2D eigenvalue weighted by atomic mass is 9.93. The van der Waals surface area contributed by atoms with E-state index in [1.807, 2.05) is 19.9 Å². The van der Waals surface area contributed by atoms with Gasteiger partial charge in [0.05, 0.1) is 16.3 Å². The number of amides is 1. The van der Waals surface area contributed by atoms with E-state index in [0.29, 0.717) is 18.8 Å². The Morgan fingerprint density at radius 3 is 2.43 bits per heavy atom. The molecular formula is C22H34N4O3S. The molecule has 2 aliphatic rings. The van der Waals surface area contributed by atoms with Crippen LogP contribution in [0, 0.1) is 5.92 Å². The van der Waals surface area contributed by atoms with Crippen molar-refractivity contribution in [3.63, 3.8) is 0 Å². The van der Waals surface area contributed by atoms with Gasteiger partial charge in [-0.2, -0.15) is 4.31 Å². The van der Waals surface area contributed by atoms with Crippen LogP contribution in [-0.2, 0) is 14.8 Å². The quantitative estimate of drug-likeness (QED) is 0.668. The van der Waals surface area contributed by atoms with Crippen molar-refractivity contribution in [2.45, 2.75) is 38.0 Å². The molecule has 166 valence electrons. The van der Waals surface area contributed by atoms with E-state index in [1.54, 1.807) is 12.1 Å². The van der Waals surface area contributed by atoms with E-state index in [4.69, 9.17) is 0 Å². The van der Waals surface area contributed by atoms with E-state index in [9.17, 15) is 13.2 Å². The largest absolute Gasteiger partial charge is 0.367 e. The van der Waals surface area contributed by atoms with Crippen molar-refractivity contribution in [2.75, 3.05) is 56.5 Å². The van der Waals surface area contributed by atoms with Crippen molar-refractivity contribution in [3.8, 4) is 0 Å². The molecule has 3 rings (SSSR count). The highest BCUT2D eigenvalue weighted by Gasteiger charge is 2.26. The molecule has 1 heterocycles. The van der Waals surface area contributed by atoms with E-state index in [1.165, 1.54) is 4.31 Å². The molecule has 0 spiro atoms. The molecule has 1 atom stereocenters. The number of piperazine rings is 1. The summed E-state index contributed by atoms with van der Waals surface area (Å²) in [5.74, 6) is -0.106. The van der Waals surface area contributed by atoms with Crippen molar-refractivity contribution in [2.24, 2.45) is 5.92 Å². The molecule has 1 fully saturated rings. The number of carbonyl (C=O) groups is 1. The Balaban J connectivity index is 1.94. The number of sulfonamides is 1. The van der Waals surface area contributed by atoms with Gasteiger partial charge in [0.15, 0.2) is 0 Å². The second kappa shape index (κ2) is 9.94.